The van der Waals surface area contributed by atoms with E-state index < -0.39 is 0 Å². The van der Waals surface area contributed by atoms with Crippen molar-refractivity contribution in [1.29, 1.82) is 0 Å². The first-order valence-corrected chi connectivity index (χ1v) is 9.56. The maximum Gasteiger partial charge on any atom is 0.239 e. The number of fused-ring (bicyclic) bond motifs is 1. The Kier molecular flexibility index (Phi) is 4.89. The van der Waals surface area contributed by atoms with Gasteiger partial charge in [-0.2, -0.15) is 0 Å². The summed E-state index contributed by atoms with van der Waals surface area (Å²) in [6.07, 6.45) is 4.26. The van der Waals surface area contributed by atoms with E-state index in [1.54, 1.807) is 0 Å². The molecule has 2 aliphatic heterocycles. The Morgan fingerprint density at radius 3 is 2.38 bits per heavy atom. The van der Waals surface area contributed by atoms with Gasteiger partial charge in [-0.3, -0.25) is 9.69 Å². The van der Waals surface area contributed by atoms with Gasteiger partial charge < -0.3 is 4.90 Å². The molecule has 2 heterocycles. The van der Waals surface area contributed by atoms with Crippen molar-refractivity contribution in [1.82, 2.24) is 9.80 Å². The minimum absolute atomic E-state index is 0.0613. The Hall–Kier alpha value is -2.39. The number of carbonyl (C=O) groups is 1. The summed E-state index contributed by atoms with van der Waals surface area (Å²) in [4.78, 5) is 17.4. The third-order valence-electron chi connectivity index (χ3n) is 5.73. The zero-order chi connectivity index (χ0) is 17.9. The summed E-state index contributed by atoms with van der Waals surface area (Å²) >= 11 is 0. The Morgan fingerprint density at radius 1 is 0.923 bits per heavy atom. The van der Waals surface area contributed by atoms with Crippen molar-refractivity contribution in [2.24, 2.45) is 0 Å². The van der Waals surface area contributed by atoms with Crippen LogP contribution in [-0.2, 0) is 17.8 Å². The molecule has 0 radical (unpaired) electrons. The standard InChI is InChI=1S/C23H26N2O/c1-18(23(26)25-16-13-20-9-5-6-10-22(20)17-25)24-14-11-21(12-15-24)19-7-3-2-4-8-19/h2-11,18H,12-17H2,1H3/t18-/m0/s1. The van der Waals surface area contributed by atoms with Crippen LogP contribution in [0.5, 0.6) is 0 Å². The molecule has 0 spiro atoms. The van der Waals surface area contributed by atoms with Crippen LogP contribution < -0.4 is 0 Å². The lowest BCUT2D eigenvalue weighted by atomic mass is 9.97. The molecular formula is C23H26N2O. The molecule has 3 heteroatoms. The van der Waals surface area contributed by atoms with Crippen LogP contribution in [0.3, 0.4) is 0 Å². The summed E-state index contributed by atoms with van der Waals surface area (Å²) in [7, 11) is 0. The molecule has 2 aromatic rings. The number of benzene rings is 2. The van der Waals surface area contributed by atoms with Crippen molar-refractivity contribution >= 4 is 11.5 Å². The summed E-state index contributed by atoms with van der Waals surface area (Å²) in [5.74, 6) is 0.260. The molecule has 0 unspecified atom stereocenters. The number of hydrogen-bond acceptors (Lipinski definition) is 2. The minimum Gasteiger partial charge on any atom is -0.337 e. The third-order valence-corrected chi connectivity index (χ3v) is 5.73. The van der Waals surface area contributed by atoms with Gasteiger partial charge in [0.05, 0.1) is 6.04 Å². The van der Waals surface area contributed by atoms with Crippen molar-refractivity contribution in [2.45, 2.75) is 32.4 Å². The second-order valence-corrected chi connectivity index (χ2v) is 7.29. The fourth-order valence-corrected chi connectivity index (χ4v) is 4.06. The number of hydrogen-bond donors (Lipinski definition) is 0. The maximum absolute atomic E-state index is 13.0. The van der Waals surface area contributed by atoms with Gasteiger partial charge in [0.15, 0.2) is 0 Å². The average molecular weight is 346 g/mol. The molecule has 26 heavy (non-hydrogen) atoms. The Labute approximate surface area is 155 Å². The van der Waals surface area contributed by atoms with E-state index in [0.29, 0.717) is 0 Å². The summed E-state index contributed by atoms with van der Waals surface area (Å²) in [6.45, 7) is 5.43. The van der Waals surface area contributed by atoms with Gasteiger partial charge in [-0.15, -0.1) is 0 Å². The van der Waals surface area contributed by atoms with Crippen LogP contribution in [0.2, 0.25) is 0 Å². The first kappa shape index (κ1) is 17.0. The maximum atomic E-state index is 13.0. The van der Waals surface area contributed by atoms with Gasteiger partial charge in [0.25, 0.3) is 0 Å². The van der Waals surface area contributed by atoms with E-state index in [1.165, 1.54) is 22.3 Å². The number of nitrogens with zero attached hydrogens (tertiary/aromatic N) is 2. The Bertz CT molecular complexity index is 812. The molecule has 0 saturated heterocycles. The van der Waals surface area contributed by atoms with Crippen LogP contribution in [0.1, 0.15) is 30.0 Å². The monoisotopic (exact) mass is 346 g/mol. The van der Waals surface area contributed by atoms with Crippen molar-refractivity contribution in [3.05, 3.63) is 77.4 Å². The van der Waals surface area contributed by atoms with E-state index >= 15 is 0 Å². The highest BCUT2D eigenvalue weighted by Gasteiger charge is 2.29. The number of rotatable bonds is 3. The van der Waals surface area contributed by atoms with Crippen molar-refractivity contribution in [2.75, 3.05) is 19.6 Å². The first-order chi connectivity index (χ1) is 12.7. The average Bonchev–Trinajstić information content (AvgIpc) is 2.73. The summed E-state index contributed by atoms with van der Waals surface area (Å²) < 4.78 is 0. The van der Waals surface area contributed by atoms with E-state index in [2.05, 4.69) is 72.5 Å². The van der Waals surface area contributed by atoms with Gasteiger partial charge in [0.2, 0.25) is 5.91 Å². The summed E-state index contributed by atoms with van der Waals surface area (Å²) in [5, 5.41) is 0. The largest absolute Gasteiger partial charge is 0.337 e. The molecule has 2 aliphatic rings. The number of carbonyl (C=O) groups excluding carboxylic acids is 1. The topological polar surface area (TPSA) is 23.6 Å². The van der Waals surface area contributed by atoms with Gasteiger partial charge in [-0.1, -0.05) is 60.7 Å². The molecule has 0 aliphatic carbocycles. The summed E-state index contributed by atoms with van der Waals surface area (Å²) in [6, 6.07) is 19.0. The van der Waals surface area contributed by atoms with E-state index in [0.717, 1.165) is 39.0 Å². The Balaban J connectivity index is 1.40. The molecule has 3 nitrogen and oxygen atoms in total. The Morgan fingerprint density at radius 2 is 1.65 bits per heavy atom. The second-order valence-electron chi connectivity index (χ2n) is 7.29. The molecule has 0 N–H and O–H groups in total. The summed E-state index contributed by atoms with van der Waals surface area (Å²) in [5.41, 5.74) is 5.38. The third kappa shape index (κ3) is 3.45. The SMILES string of the molecule is C[C@@H](C(=O)N1CCc2ccccc2C1)N1CC=C(c2ccccc2)CC1. The highest BCUT2D eigenvalue weighted by atomic mass is 16.2. The normalized spacial score (nSPS) is 18.8. The molecule has 1 amide bonds. The predicted octanol–water partition coefficient (Wildman–Crippen LogP) is 3.75. The van der Waals surface area contributed by atoms with Crippen molar-refractivity contribution < 1.29 is 4.79 Å². The van der Waals surface area contributed by atoms with E-state index in [-0.39, 0.29) is 11.9 Å². The van der Waals surface area contributed by atoms with Gasteiger partial charge in [0, 0.05) is 26.2 Å². The van der Waals surface area contributed by atoms with Crippen LogP contribution in [0, 0.1) is 0 Å². The van der Waals surface area contributed by atoms with E-state index in [9.17, 15) is 4.79 Å². The lowest BCUT2D eigenvalue weighted by Gasteiger charge is -2.36. The fraction of sp³-hybridized carbons (Fsp3) is 0.348. The molecule has 0 fully saturated rings. The molecule has 0 bridgehead atoms. The fourth-order valence-electron chi connectivity index (χ4n) is 4.06. The van der Waals surface area contributed by atoms with Crippen molar-refractivity contribution in [3.63, 3.8) is 0 Å². The second kappa shape index (κ2) is 7.46. The molecular weight excluding hydrogens is 320 g/mol. The smallest absolute Gasteiger partial charge is 0.239 e. The van der Waals surface area contributed by atoms with E-state index in [4.69, 9.17) is 0 Å². The predicted molar refractivity (Wildman–Crippen MR) is 106 cm³/mol. The van der Waals surface area contributed by atoms with Crippen LogP contribution in [0.15, 0.2) is 60.7 Å². The van der Waals surface area contributed by atoms with Crippen LogP contribution in [0.4, 0.5) is 0 Å². The molecule has 134 valence electrons. The van der Waals surface area contributed by atoms with Crippen LogP contribution >= 0.6 is 0 Å². The molecule has 2 aromatic carbocycles. The lowest BCUT2D eigenvalue weighted by Crippen LogP contribution is -2.49. The zero-order valence-corrected chi connectivity index (χ0v) is 15.4. The highest BCUT2D eigenvalue weighted by molar-refractivity contribution is 5.82. The van der Waals surface area contributed by atoms with Crippen molar-refractivity contribution in [3.8, 4) is 0 Å². The van der Waals surface area contributed by atoms with Crippen LogP contribution in [0.25, 0.3) is 5.57 Å². The van der Waals surface area contributed by atoms with Gasteiger partial charge in [-0.25, -0.2) is 0 Å². The zero-order valence-electron chi connectivity index (χ0n) is 15.4. The molecule has 0 aromatic heterocycles. The molecule has 1 atom stereocenters. The quantitative estimate of drug-likeness (QED) is 0.845. The first-order valence-electron chi connectivity index (χ1n) is 9.56. The van der Waals surface area contributed by atoms with Gasteiger partial charge in [-0.05, 0) is 42.0 Å². The molecule has 4 rings (SSSR count). The minimum atomic E-state index is -0.0613. The van der Waals surface area contributed by atoms with Gasteiger partial charge in [0.1, 0.15) is 0 Å². The highest BCUT2D eigenvalue weighted by Crippen LogP contribution is 2.24. The molecule has 0 saturated carbocycles. The van der Waals surface area contributed by atoms with Gasteiger partial charge >= 0.3 is 0 Å². The lowest BCUT2D eigenvalue weighted by molar-refractivity contribution is -0.137. The number of amides is 1. The van der Waals surface area contributed by atoms with E-state index in [1.807, 2.05) is 4.90 Å². The van der Waals surface area contributed by atoms with Crippen LogP contribution in [-0.4, -0.2) is 41.4 Å².